The normalized spacial score (nSPS) is 11.1. The van der Waals surface area contributed by atoms with Gasteiger partial charge in [0, 0.05) is 19.5 Å². The predicted molar refractivity (Wildman–Crippen MR) is 142 cm³/mol. The van der Waals surface area contributed by atoms with E-state index in [4.69, 9.17) is 9.72 Å². The number of carbonyl (C=O) groups excluding carboxylic acids is 1. The summed E-state index contributed by atoms with van der Waals surface area (Å²) in [6.45, 7) is 7.66. The number of benzene rings is 3. The third-order valence-electron chi connectivity index (χ3n) is 6.30. The molecular weight excluding hydrogens is 434 g/mol. The Morgan fingerprint density at radius 1 is 0.914 bits per heavy atom. The summed E-state index contributed by atoms with van der Waals surface area (Å²) in [6.07, 6.45) is 3.93. The van der Waals surface area contributed by atoms with E-state index in [-0.39, 0.29) is 12.5 Å². The van der Waals surface area contributed by atoms with Gasteiger partial charge in [-0.3, -0.25) is 4.79 Å². The van der Waals surface area contributed by atoms with Crippen LogP contribution in [0, 0.1) is 20.8 Å². The quantitative estimate of drug-likeness (QED) is 0.278. The first-order valence-corrected chi connectivity index (χ1v) is 12.5. The Hall–Kier alpha value is -3.60. The van der Waals surface area contributed by atoms with Gasteiger partial charge >= 0.3 is 0 Å². The van der Waals surface area contributed by atoms with Crippen molar-refractivity contribution >= 4 is 16.9 Å². The first-order valence-electron chi connectivity index (χ1n) is 12.5. The average molecular weight is 470 g/mol. The summed E-state index contributed by atoms with van der Waals surface area (Å²) in [5, 5.41) is 2.97. The minimum absolute atomic E-state index is 0.0489. The number of imidazole rings is 1. The van der Waals surface area contributed by atoms with E-state index in [1.165, 1.54) is 16.6 Å². The molecule has 3 aromatic carbocycles. The number of hydrogen-bond donors (Lipinski definition) is 1. The molecule has 1 N–H and O–H groups in total. The fourth-order valence-electron chi connectivity index (χ4n) is 4.24. The van der Waals surface area contributed by atoms with E-state index < -0.39 is 0 Å². The van der Waals surface area contributed by atoms with Crippen LogP contribution in [0.1, 0.15) is 47.3 Å². The lowest BCUT2D eigenvalue weighted by atomic mass is 10.1. The maximum atomic E-state index is 12.2. The Kier molecular flexibility index (Phi) is 8.19. The van der Waals surface area contributed by atoms with Gasteiger partial charge in [0.05, 0.1) is 11.0 Å². The Morgan fingerprint density at radius 3 is 2.51 bits per heavy atom. The molecule has 0 aliphatic heterocycles. The van der Waals surface area contributed by atoms with Crippen molar-refractivity contribution in [1.29, 1.82) is 0 Å². The summed E-state index contributed by atoms with van der Waals surface area (Å²) in [6, 6.07) is 23.1. The monoisotopic (exact) mass is 469 g/mol. The van der Waals surface area contributed by atoms with Crippen molar-refractivity contribution in [3.8, 4) is 5.75 Å². The van der Waals surface area contributed by atoms with Crippen LogP contribution in [-0.4, -0.2) is 28.6 Å². The molecule has 5 heteroatoms. The fraction of sp³-hybridized carbons (Fsp3) is 0.333. The smallest absolute Gasteiger partial charge is 0.257 e. The van der Waals surface area contributed by atoms with Crippen LogP contribution in [0.3, 0.4) is 0 Å². The number of amides is 1. The number of rotatable bonds is 11. The summed E-state index contributed by atoms with van der Waals surface area (Å²) in [5.41, 5.74) is 6.94. The number of para-hydroxylation sites is 2. The van der Waals surface area contributed by atoms with E-state index in [1.54, 1.807) is 0 Å². The van der Waals surface area contributed by atoms with E-state index in [9.17, 15) is 4.79 Å². The number of aromatic nitrogens is 2. The third kappa shape index (κ3) is 6.72. The average Bonchev–Trinajstić information content (AvgIpc) is 3.20. The Bertz CT molecular complexity index is 1270. The van der Waals surface area contributed by atoms with Crippen molar-refractivity contribution in [3.05, 3.63) is 94.8 Å². The van der Waals surface area contributed by atoms with Crippen molar-refractivity contribution < 1.29 is 9.53 Å². The van der Waals surface area contributed by atoms with Crippen LogP contribution in [0.25, 0.3) is 11.0 Å². The molecule has 0 fully saturated rings. The number of nitrogens with zero attached hydrogens (tertiary/aromatic N) is 2. The number of unbranched alkanes of at least 4 members (excludes halogenated alkanes) is 2. The number of aryl methyl sites for hydroxylation is 4. The van der Waals surface area contributed by atoms with E-state index in [0.29, 0.717) is 6.54 Å². The topological polar surface area (TPSA) is 56.2 Å². The van der Waals surface area contributed by atoms with E-state index in [1.807, 2.05) is 38.1 Å². The van der Waals surface area contributed by atoms with Crippen LogP contribution in [0.5, 0.6) is 5.75 Å². The second kappa shape index (κ2) is 11.7. The minimum Gasteiger partial charge on any atom is -0.483 e. The van der Waals surface area contributed by atoms with Crippen LogP contribution in [0.15, 0.2) is 66.7 Å². The number of ether oxygens (including phenoxy) is 1. The summed E-state index contributed by atoms with van der Waals surface area (Å²) in [7, 11) is 0. The zero-order valence-corrected chi connectivity index (χ0v) is 21.0. The summed E-state index contributed by atoms with van der Waals surface area (Å²) < 4.78 is 8.03. The molecular formula is C30H35N3O2. The first kappa shape index (κ1) is 24.5. The second-order valence-electron chi connectivity index (χ2n) is 9.31. The van der Waals surface area contributed by atoms with Gasteiger partial charge in [-0.25, -0.2) is 4.98 Å². The van der Waals surface area contributed by atoms with E-state index in [0.717, 1.165) is 60.4 Å². The fourth-order valence-corrected chi connectivity index (χ4v) is 4.24. The molecule has 182 valence electrons. The van der Waals surface area contributed by atoms with Crippen LogP contribution in [0.2, 0.25) is 0 Å². The maximum Gasteiger partial charge on any atom is 0.257 e. The highest BCUT2D eigenvalue weighted by Gasteiger charge is 2.11. The molecule has 0 aliphatic carbocycles. The predicted octanol–water partition coefficient (Wildman–Crippen LogP) is 5.92. The van der Waals surface area contributed by atoms with Gasteiger partial charge in [0.15, 0.2) is 6.61 Å². The van der Waals surface area contributed by atoms with Gasteiger partial charge < -0.3 is 14.6 Å². The standard InChI is InChI=1S/C30H35N3O2/c1-22-13-16-25(17-14-22)20-33-27-10-7-6-9-26(27)32-29(33)11-5-4-8-18-31-30(34)21-35-28-19-23(2)12-15-24(28)3/h6-7,9-10,12-17,19H,4-5,8,11,18,20-21H2,1-3H3,(H,31,34). The highest BCUT2D eigenvalue weighted by molar-refractivity contribution is 5.77. The van der Waals surface area contributed by atoms with Gasteiger partial charge in [-0.05, 0) is 68.5 Å². The Balaban J connectivity index is 1.24. The summed E-state index contributed by atoms with van der Waals surface area (Å²) in [4.78, 5) is 17.1. The lowest BCUT2D eigenvalue weighted by molar-refractivity contribution is -0.123. The maximum absolute atomic E-state index is 12.2. The summed E-state index contributed by atoms with van der Waals surface area (Å²) >= 11 is 0. The van der Waals surface area contributed by atoms with Crippen molar-refractivity contribution in [2.45, 2.75) is 53.0 Å². The molecule has 4 rings (SSSR count). The van der Waals surface area contributed by atoms with Gasteiger partial charge in [0.2, 0.25) is 0 Å². The van der Waals surface area contributed by atoms with Crippen LogP contribution >= 0.6 is 0 Å². The van der Waals surface area contributed by atoms with Crippen molar-refractivity contribution in [1.82, 2.24) is 14.9 Å². The number of carbonyl (C=O) groups is 1. The SMILES string of the molecule is Cc1ccc(Cn2c(CCCCCNC(=O)COc3cc(C)ccc3C)nc3ccccc32)cc1. The summed E-state index contributed by atoms with van der Waals surface area (Å²) in [5.74, 6) is 1.82. The first-order chi connectivity index (χ1) is 17.0. The zero-order chi connectivity index (χ0) is 24.6. The molecule has 5 nitrogen and oxygen atoms in total. The molecule has 0 bridgehead atoms. The third-order valence-corrected chi connectivity index (χ3v) is 6.30. The lowest BCUT2D eigenvalue weighted by Crippen LogP contribution is -2.29. The zero-order valence-electron chi connectivity index (χ0n) is 21.0. The Labute approximate surface area is 208 Å². The van der Waals surface area contributed by atoms with Gasteiger partial charge in [0.1, 0.15) is 11.6 Å². The molecule has 0 atom stereocenters. The molecule has 0 aliphatic rings. The molecule has 1 amide bonds. The highest BCUT2D eigenvalue weighted by Crippen LogP contribution is 2.20. The molecule has 0 saturated heterocycles. The number of nitrogens with one attached hydrogen (secondary N) is 1. The van der Waals surface area contributed by atoms with Gasteiger partial charge in [-0.15, -0.1) is 0 Å². The minimum atomic E-state index is -0.0780. The Morgan fingerprint density at radius 2 is 1.69 bits per heavy atom. The molecule has 0 saturated carbocycles. The van der Waals surface area contributed by atoms with Crippen LogP contribution < -0.4 is 10.1 Å². The van der Waals surface area contributed by atoms with Crippen molar-refractivity contribution in [2.24, 2.45) is 0 Å². The van der Waals surface area contributed by atoms with Crippen molar-refractivity contribution in [2.75, 3.05) is 13.2 Å². The lowest BCUT2D eigenvalue weighted by Gasteiger charge is -2.11. The molecule has 35 heavy (non-hydrogen) atoms. The molecule has 1 aromatic heterocycles. The van der Waals surface area contributed by atoms with Crippen LogP contribution in [0.4, 0.5) is 0 Å². The molecule has 4 aromatic rings. The van der Waals surface area contributed by atoms with E-state index >= 15 is 0 Å². The van der Waals surface area contributed by atoms with E-state index in [2.05, 4.69) is 59.3 Å². The highest BCUT2D eigenvalue weighted by atomic mass is 16.5. The van der Waals surface area contributed by atoms with Gasteiger partial charge in [-0.1, -0.05) is 60.5 Å². The second-order valence-corrected chi connectivity index (χ2v) is 9.31. The molecule has 0 radical (unpaired) electrons. The number of fused-ring (bicyclic) bond motifs is 1. The van der Waals surface area contributed by atoms with Gasteiger partial charge in [-0.2, -0.15) is 0 Å². The van der Waals surface area contributed by atoms with Crippen LogP contribution in [-0.2, 0) is 17.8 Å². The van der Waals surface area contributed by atoms with Gasteiger partial charge in [0.25, 0.3) is 5.91 Å². The largest absolute Gasteiger partial charge is 0.483 e. The molecule has 0 spiro atoms. The van der Waals surface area contributed by atoms with Crippen molar-refractivity contribution in [3.63, 3.8) is 0 Å². The molecule has 1 heterocycles. The number of hydrogen-bond acceptors (Lipinski definition) is 3. The molecule has 0 unspecified atom stereocenters.